The fourth-order valence-corrected chi connectivity index (χ4v) is 5.27. The second-order valence-electron chi connectivity index (χ2n) is 10.2. The minimum absolute atomic E-state index is 0.111. The Balaban J connectivity index is 1.40. The number of aryl methyl sites for hydroxylation is 1. The lowest BCUT2D eigenvalue weighted by Crippen LogP contribution is -2.37. The molecule has 2 aromatic carbocycles. The van der Waals surface area contributed by atoms with Crippen molar-refractivity contribution in [3.63, 3.8) is 0 Å². The number of hydrogen-bond donors (Lipinski definition) is 1. The first-order valence-corrected chi connectivity index (χ1v) is 12.5. The van der Waals surface area contributed by atoms with Gasteiger partial charge in [-0.3, -0.25) is 4.79 Å². The number of amides is 1. The van der Waals surface area contributed by atoms with Crippen LogP contribution >= 0.6 is 0 Å². The van der Waals surface area contributed by atoms with Gasteiger partial charge in [0.1, 0.15) is 5.76 Å². The third-order valence-corrected chi connectivity index (χ3v) is 7.06. The summed E-state index contributed by atoms with van der Waals surface area (Å²) >= 11 is 0. The maximum Gasteiger partial charge on any atom is 0.220 e. The number of benzene rings is 2. The van der Waals surface area contributed by atoms with Crippen LogP contribution in [0.2, 0.25) is 0 Å². The summed E-state index contributed by atoms with van der Waals surface area (Å²) in [5.41, 5.74) is 3.55. The van der Waals surface area contributed by atoms with Gasteiger partial charge in [-0.1, -0.05) is 60.2 Å². The molecular formula is C30H37NO3. The van der Waals surface area contributed by atoms with Crippen LogP contribution in [0.5, 0.6) is 0 Å². The second-order valence-corrected chi connectivity index (χ2v) is 10.2. The van der Waals surface area contributed by atoms with Gasteiger partial charge in [-0.2, -0.15) is 0 Å². The van der Waals surface area contributed by atoms with Gasteiger partial charge >= 0.3 is 0 Å². The van der Waals surface area contributed by atoms with Crippen molar-refractivity contribution in [1.82, 2.24) is 5.32 Å². The minimum Gasteiger partial charge on any atom is -0.469 e. The Bertz CT molecular complexity index is 1020. The van der Waals surface area contributed by atoms with Gasteiger partial charge in [-0.05, 0) is 75.1 Å². The van der Waals surface area contributed by atoms with Crippen molar-refractivity contribution in [2.24, 2.45) is 5.92 Å². The average Bonchev–Trinajstić information content (AvgIpc) is 3.36. The minimum atomic E-state index is -0.142. The van der Waals surface area contributed by atoms with Crippen LogP contribution in [-0.4, -0.2) is 24.7 Å². The molecule has 1 aliphatic heterocycles. The van der Waals surface area contributed by atoms with Gasteiger partial charge in [0, 0.05) is 25.5 Å². The zero-order chi connectivity index (χ0) is 24.0. The van der Waals surface area contributed by atoms with E-state index >= 15 is 0 Å². The Hall–Kier alpha value is -2.85. The van der Waals surface area contributed by atoms with E-state index in [1.54, 1.807) is 6.26 Å². The molecule has 1 aliphatic rings. The Morgan fingerprint density at radius 2 is 1.79 bits per heavy atom. The number of ether oxygens (including phenoxy) is 1. The maximum absolute atomic E-state index is 13.1. The van der Waals surface area contributed by atoms with Crippen molar-refractivity contribution in [1.29, 1.82) is 0 Å². The molecule has 0 aliphatic carbocycles. The van der Waals surface area contributed by atoms with Crippen molar-refractivity contribution in [3.05, 3.63) is 95.4 Å². The fraction of sp³-hybridized carbons (Fsp3) is 0.433. The molecule has 0 unspecified atom stereocenters. The number of carbonyl (C=O) groups is 1. The number of carbonyl (C=O) groups excluding carboxylic acids is 1. The normalized spacial score (nSPS) is 19.3. The average molecular weight is 460 g/mol. The van der Waals surface area contributed by atoms with Crippen molar-refractivity contribution in [2.75, 3.05) is 13.2 Å². The van der Waals surface area contributed by atoms with E-state index in [-0.39, 0.29) is 23.3 Å². The lowest BCUT2D eigenvalue weighted by Gasteiger charge is -2.39. The summed E-state index contributed by atoms with van der Waals surface area (Å²) in [5.74, 6) is 1.80. The molecule has 1 aromatic heterocycles. The molecule has 1 saturated heterocycles. The van der Waals surface area contributed by atoms with Gasteiger partial charge < -0.3 is 14.5 Å². The van der Waals surface area contributed by atoms with Gasteiger partial charge in [0.05, 0.1) is 11.9 Å². The standard InChI is InChI=1S/C30H37NO3/c1-22-11-13-24(14-12-22)26(28-10-7-18-33-28)15-17-31-29(32)20-27(23-8-5-4-6-9-23)25-16-19-34-30(2,3)21-25/h4-14,18,25-27H,15-17,19-21H2,1-3H3,(H,31,32)/t25-,26-,27+/m1/s1. The van der Waals surface area contributed by atoms with E-state index in [1.165, 1.54) is 16.7 Å². The summed E-state index contributed by atoms with van der Waals surface area (Å²) in [5, 5.41) is 3.20. The zero-order valence-electron chi connectivity index (χ0n) is 20.6. The molecule has 2 heterocycles. The highest BCUT2D eigenvalue weighted by molar-refractivity contribution is 5.77. The zero-order valence-corrected chi connectivity index (χ0v) is 20.6. The molecule has 34 heavy (non-hydrogen) atoms. The Morgan fingerprint density at radius 1 is 1.03 bits per heavy atom. The van der Waals surface area contributed by atoms with E-state index in [1.807, 2.05) is 18.2 Å². The number of furan rings is 1. The van der Waals surface area contributed by atoms with Crippen LogP contribution < -0.4 is 5.32 Å². The third-order valence-electron chi connectivity index (χ3n) is 7.06. The fourth-order valence-electron chi connectivity index (χ4n) is 5.27. The van der Waals surface area contributed by atoms with Crippen LogP contribution in [0.4, 0.5) is 0 Å². The predicted molar refractivity (Wildman–Crippen MR) is 136 cm³/mol. The quantitative estimate of drug-likeness (QED) is 0.392. The molecule has 1 fully saturated rings. The monoisotopic (exact) mass is 459 g/mol. The highest BCUT2D eigenvalue weighted by atomic mass is 16.5. The van der Waals surface area contributed by atoms with Gasteiger partial charge in [0.15, 0.2) is 0 Å². The Morgan fingerprint density at radius 3 is 2.47 bits per heavy atom. The summed E-state index contributed by atoms with van der Waals surface area (Å²) in [7, 11) is 0. The van der Waals surface area contributed by atoms with Gasteiger partial charge in [0.25, 0.3) is 0 Å². The Labute approximate surface area is 203 Å². The van der Waals surface area contributed by atoms with Crippen molar-refractivity contribution >= 4 is 5.91 Å². The molecule has 180 valence electrons. The molecule has 4 nitrogen and oxygen atoms in total. The SMILES string of the molecule is Cc1ccc([C@@H](CCNC(=O)C[C@@H](c2ccccc2)[C@@H]2CCOC(C)(C)C2)c2ccco2)cc1. The molecule has 4 heteroatoms. The van der Waals surface area contributed by atoms with Crippen LogP contribution in [-0.2, 0) is 9.53 Å². The molecule has 3 atom stereocenters. The van der Waals surface area contributed by atoms with E-state index in [4.69, 9.17) is 9.15 Å². The smallest absolute Gasteiger partial charge is 0.220 e. The summed E-state index contributed by atoms with van der Waals surface area (Å²) in [6.07, 6.45) is 4.97. The molecular weight excluding hydrogens is 422 g/mol. The van der Waals surface area contributed by atoms with Crippen LogP contribution in [0.15, 0.2) is 77.4 Å². The van der Waals surface area contributed by atoms with E-state index in [9.17, 15) is 4.79 Å². The van der Waals surface area contributed by atoms with E-state index < -0.39 is 0 Å². The van der Waals surface area contributed by atoms with Gasteiger partial charge in [-0.15, -0.1) is 0 Å². The number of rotatable bonds is 9. The second kappa shape index (κ2) is 11.1. The molecule has 0 saturated carbocycles. The summed E-state index contributed by atoms with van der Waals surface area (Å²) in [4.78, 5) is 13.1. The Kier molecular flexibility index (Phi) is 7.89. The lowest BCUT2D eigenvalue weighted by atomic mass is 9.75. The van der Waals surface area contributed by atoms with E-state index in [0.717, 1.165) is 31.6 Å². The van der Waals surface area contributed by atoms with Crippen molar-refractivity contribution < 1.29 is 13.9 Å². The van der Waals surface area contributed by atoms with Crippen molar-refractivity contribution in [2.45, 2.75) is 63.9 Å². The molecule has 0 radical (unpaired) electrons. The molecule has 0 spiro atoms. The molecule has 1 N–H and O–H groups in total. The molecule has 1 amide bonds. The highest BCUT2D eigenvalue weighted by Crippen LogP contribution is 2.40. The first-order valence-electron chi connectivity index (χ1n) is 12.5. The largest absolute Gasteiger partial charge is 0.469 e. The first-order chi connectivity index (χ1) is 16.4. The van der Waals surface area contributed by atoms with Crippen LogP contribution in [0.1, 0.15) is 73.8 Å². The molecule has 4 rings (SSSR count). The van der Waals surface area contributed by atoms with Gasteiger partial charge in [-0.25, -0.2) is 0 Å². The molecule has 0 bridgehead atoms. The topological polar surface area (TPSA) is 51.5 Å². The van der Waals surface area contributed by atoms with Crippen LogP contribution in [0.25, 0.3) is 0 Å². The van der Waals surface area contributed by atoms with Crippen LogP contribution in [0.3, 0.4) is 0 Å². The highest BCUT2D eigenvalue weighted by Gasteiger charge is 2.35. The first kappa shape index (κ1) is 24.3. The number of hydrogen-bond acceptors (Lipinski definition) is 3. The molecule has 3 aromatic rings. The van der Waals surface area contributed by atoms with E-state index in [0.29, 0.717) is 18.9 Å². The lowest BCUT2D eigenvalue weighted by molar-refractivity contribution is -0.123. The summed E-state index contributed by atoms with van der Waals surface area (Å²) in [6.45, 7) is 7.76. The van der Waals surface area contributed by atoms with Crippen LogP contribution in [0, 0.1) is 12.8 Å². The summed E-state index contributed by atoms with van der Waals surface area (Å²) < 4.78 is 11.7. The maximum atomic E-state index is 13.1. The number of nitrogens with one attached hydrogen (secondary N) is 1. The summed E-state index contributed by atoms with van der Waals surface area (Å²) in [6, 6.07) is 23.0. The van der Waals surface area contributed by atoms with E-state index in [2.05, 4.69) is 74.6 Å². The third kappa shape index (κ3) is 6.38. The van der Waals surface area contributed by atoms with Crippen molar-refractivity contribution in [3.8, 4) is 0 Å². The predicted octanol–water partition coefficient (Wildman–Crippen LogP) is 6.61. The van der Waals surface area contributed by atoms with Gasteiger partial charge in [0.2, 0.25) is 5.91 Å².